The molecule has 0 aliphatic carbocycles. The summed E-state index contributed by atoms with van der Waals surface area (Å²) in [5, 5.41) is 13.7. The monoisotopic (exact) mass is 476 g/mol. The van der Waals surface area contributed by atoms with Crippen molar-refractivity contribution in [2.24, 2.45) is 5.11 Å². The van der Waals surface area contributed by atoms with Crippen LogP contribution in [0.3, 0.4) is 0 Å². The number of nitrogens with zero attached hydrogens (tertiary/aromatic N) is 5. The van der Waals surface area contributed by atoms with Crippen molar-refractivity contribution in [2.75, 3.05) is 37.9 Å². The van der Waals surface area contributed by atoms with Gasteiger partial charge in [-0.15, -0.1) is 5.10 Å². The van der Waals surface area contributed by atoms with Crippen LogP contribution < -0.4 is 15.4 Å². The molecule has 9 nitrogen and oxygen atoms in total. The zero-order chi connectivity index (χ0) is 24.5. The van der Waals surface area contributed by atoms with Gasteiger partial charge in [0.25, 0.3) is 0 Å². The number of hydrogen-bond donors (Lipinski definition) is 3. The van der Waals surface area contributed by atoms with Gasteiger partial charge < -0.3 is 20.3 Å². The van der Waals surface area contributed by atoms with Gasteiger partial charge in [0.1, 0.15) is 17.2 Å². The molecule has 1 atom stereocenters. The van der Waals surface area contributed by atoms with Crippen LogP contribution in [0.5, 0.6) is 5.88 Å². The summed E-state index contributed by atoms with van der Waals surface area (Å²) < 4.78 is 46.5. The summed E-state index contributed by atoms with van der Waals surface area (Å²) in [6.45, 7) is 3.01. The van der Waals surface area contributed by atoms with Crippen molar-refractivity contribution in [3.05, 3.63) is 30.5 Å². The Bertz CT molecular complexity index is 1170. The van der Waals surface area contributed by atoms with E-state index in [0.29, 0.717) is 28.5 Å². The first-order valence-corrected chi connectivity index (χ1v) is 10.9. The van der Waals surface area contributed by atoms with Crippen LogP contribution >= 0.6 is 0 Å². The first-order chi connectivity index (χ1) is 16.2. The maximum atomic E-state index is 13.1. The topological polar surface area (TPSA) is 103 Å². The molecule has 3 N–H and O–H groups in total. The molecule has 34 heavy (non-hydrogen) atoms. The molecule has 0 spiro atoms. The molecule has 0 radical (unpaired) electrons. The quantitative estimate of drug-likeness (QED) is 0.418. The minimum Gasteiger partial charge on any atom is -0.479 e. The van der Waals surface area contributed by atoms with Gasteiger partial charge in [0.05, 0.1) is 12.8 Å². The predicted octanol–water partition coefficient (Wildman–Crippen LogP) is 4.94. The van der Waals surface area contributed by atoms with Crippen molar-refractivity contribution in [3.8, 4) is 17.0 Å². The van der Waals surface area contributed by atoms with Gasteiger partial charge in [0.15, 0.2) is 0 Å². The lowest BCUT2D eigenvalue weighted by Crippen LogP contribution is -2.37. The van der Waals surface area contributed by atoms with Crippen LogP contribution in [0.1, 0.15) is 19.8 Å². The van der Waals surface area contributed by atoms with Gasteiger partial charge in [-0.2, -0.15) is 23.3 Å². The van der Waals surface area contributed by atoms with Crippen molar-refractivity contribution in [1.82, 2.24) is 19.5 Å². The number of hydrogen-bond acceptors (Lipinski definition) is 8. The lowest BCUT2D eigenvalue weighted by molar-refractivity contribution is -0.138. The normalized spacial score (nSPS) is 16.4. The van der Waals surface area contributed by atoms with Gasteiger partial charge in [-0.1, -0.05) is 6.07 Å². The fourth-order valence-corrected chi connectivity index (χ4v) is 4.00. The molecule has 1 aliphatic rings. The lowest BCUT2D eigenvalue weighted by atomic mass is 10.1. The number of piperidine rings is 1. The van der Waals surface area contributed by atoms with Crippen LogP contribution in [0.4, 0.5) is 30.5 Å². The van der Waals surface area contributed by atoms with Gasteiger partial charge >= 0.3 is 6.18 Å². The maximum Gasteiger partial charge on any atom is 0.408 e. The third-order valence-corrected chi connectivity index (χ3v) is 6.02. The number of rotatable bonds is 7. The Labute approximate surface area is 194 Å². The first kappa shape index (κ1) is 23.7. The number of alkyl halides is 3. The summed E-state index contributed by atoms with van der Waals surface area (Å²) in [6, 6.07) is 4.99. The Kier molecular flexibility index (Phi) is 6.60. The van der Waals surface area contributed by atoms with E-state index in [2.05, 4.69) is 37.8 Å². The minimum atomic E-state index is -4.44. The van der Waals surface area contributed by atoms with Crippen molar-refractivity contribution in [1.29, 1.82) is 5.53 Å². The van der Waals surface area contributed by atoms with Crippen molar-refractivity contribution < 1.29 is 17.9 Å². The highest BCUT2D eigenvalue weighted by molar-refractivity contribution is 5.87. The van der Waals surface area contributed by atoms with Crippen LogP contribution in [-0.2, 0) is 0 Å². The molecule has 182 valence electrons. The highest BCUT2D eigenvalue weighted by atomic mass is 19.4. The number of ether oxygens (including phenoxy) is 1. The molecule has 4 rings (SSSR count). The van der Waals surface area contributed by atoms with Gasteiger partial charge in [-0.3, -0.25) is 0 Å². The summed E-state index contributed by atoms with van der Waals surface area (Å²) >= 11 is 0. The third-order valence-electron chi connectivity index (χ3n) is 6.02. The van der Waals surface area contributed by atoms with Crippen LogP contribution in [0, 0.1) is 5.53 Å². The smallest absolute Gasteiger partial charge is 0.408 e. The molecular weight excluding hydrogens is 449 g/mol. The Hall–Kier alpha value is -3.41. The van der Waals surface area contributed by atoms with E-state index in [1.54, 1.807) is 22.8 Å². The second kappa shape index (κ2) is 9.45. The molecule has 2 aromatic heterocycles. The molecule has 1 saturated heterocycles. The van der Waals surface area contributed by atoms with E-state index >= 15 is 0 Å². The SMILES string of the molecule is COc1nc(NC2CCN(C)CC2)nn2ccc(-c3ccc(N=N)c(N[C@@H](C)C(F)(F)F)c3)c12. The van der Waals surface area contributed by atoms with Crippen LogP contribution in [-0.4, -0.2) is 65.0 Å². The van der Waals surface area contributed by atoms with Crippen LogP contribution in [0.25, 0.3) is 16.6 Å². The fraction of sp³-hybridized carbons (Fsp3) is 0.455. The van der Waals surface area contributed by atoms with E-state index in [1.165, 1.54) is 19.2 Å². The zero-order valence-electron chi connectivity index (χ0n) is 19.1. The zero-order valence-corrected chi connectivity index (χ0v) is 19.1. The predicted molar refractivity (Wildman–Crippen MR) is 123 cm³/mol. The van der Waals surface area contributed by atoms with Crippen molar-refractivity contribution >= 4 is 22.8 Å². The molecule has 1 fully saturated rings. The van der Waals surface area contributed by atoms with E-state index in [-0.39, 0.29) is 17.4 Å². The van der Waals surface area contributed by atoms with Crippen LogP contribution in [0.15, 0.2) is 35.6 Å². The average Bonchev–Trinajstić information content (AvgIpc) is 3.23. The summed E-state index contributed by atoms with van der Waals surface area (Å²) in [5.41, 5.74) is 9.41. The molecule has 1 aliphatic heterocycles. The maximum absolute atomic E-state index is 13.1. The Morgan fingerprint density at radius 1 is 1.24 bits per heavy atom. The van der Waals surface area contributed by atoms with Gasteiger partial charge in [-0.05, 0) is 63.7 Å². The van der Waals surface area contributed by atoms with Crippen molar-refractivity contribution in [3.63, 3.8) is 0 Å². The molecule has 12 heteroatoms. The number of anilines is 2. The lowest BCUT2D eigenvalue weighted by Gasteiger charge is -2.29. The van der Waals surface area contributed by atoms with Crippen molar-refractivity contribution in [2.45, 2.75) is 38.0 Å². The summed E-state index contributed by atoms with van der Waals surface area (Å²) in [5.74, 6) is 0.795. The van der Waals surface area contributed by atoms with Gasteiger partial charge in [0, 0.05) is 17.8 Å². The highest BCUT2D eigenvalue weighted by Gasteiger charge is 2.36. The number of methoxy groups -OCH3 is 1. The molecule has 1 aromatic carbocycles. The molecule has 0 saturated carbocycles. The summed E-state index contributed by atoms with van der Waals surface area (Å²) in [7, 11) is 3.61. The molecule has 0 amide bonds. The van der Waals surface area contributed by atoms with E-state index in [4.69, 9.17) is 10.3 Å². The van der Waals surface area contributed by atoms with Gasteiger partial charge in [0.2, 0.25) is 11.8 Å². The van der Waals surface area contributed by atoms with E-state index in [9.17, 15) is 13.2 Å². The second-order valence-electron chi connectivity index (χ2n) is 8.44. The number of halogens is 3. The Morgan fingerprint density at radius 3 is 2.62 bits per heavy atom. The number of aromatic nitrogens is 3. The van der Waals surface area contributed by atoms with Crippen LogP contribution in [0.2, 0.25) is 0 Å². The van der Waals surface area contributed by atoms with E-state index < -0.39 is 12.2 Å². The highest BCUT2D eigenvalue weighted by Crippen LogP contribution is 2.37. The van der Waals surface area contributed by atoms with E-state index in [0.717, 1.165) is 32.9 Å². The largest absolute Gasteiger partial charge is 0.479 e. The molecular formula is C22H27F3N8O. The third kappa shape index (κ3) is 4.91. The number of nitrogens with one attached hydrogen (secondary N) is 3. The number of fused-ring (bicyclic) bond motifs is 1. The number of benzene rings is 1. The molecule has 3 aromatic rings. The first-order valence-electron chi connectivity index (χ1n) is 10.9. The molecule has 0 bridgehead atoms. The average molecular weight is 477 g/mol. The minimum absolute atomic E-state index is 0.108. The number of likely N-dealkylation sites (tertiary alicyclic amines) is 1. The fourth-order valence-electron chi connectivity index (χ4n) is 4.00. The second-order valence-corrected chi connectivity index (χ2v) is 8.44. The summed E-state index contributed by atoms with van der Waals surface area (Å²) in [4.78, 5) is 6.81. The van der Waals surface area contributed by atoms with Gasteiger partial charge in [-0.25, -0.2) is 10.0 Å². The standard InChI is InChI=1S/C22H27F3N8O/c1-13(22(23,24)25)27-18-12-14(4-5-17(18)30-26)16-8-11-33-19(16)20(34-3)29-21(31-33)28-15-6-9-32(2)10-7-15/h4-5,8,11-13,15,26-27H,6-7,9-10H2,1-3H3,(H,28,31)/t13-/m0/s1. The Balaban J connectivity index is 1.68. The Morgan fingerprint density at radius 2 is 1.97 bits per heavy atom. The summed E-state index contributed by atoms with van der Waals surface area (Å²) in [6.07, 6.45) is -0.720. The molecule has 3 heterocycles. The van der Waals surface area contributed by atoms with E-state index in [1.807, 2.05) is 0 Å². The molecule has 0 unspecified atom stereocenters.